The van der Waals surface area contributed by atoms with Crippen molar-refractivity contribution in [3.05, 3.63) is 65.7 Å². The zero-order valence-corrected chi connectivity index (χ0v) is 19.4. The number of rotatable bonds is 6. The predicted molar refractivity (Wildman–Crippen MR) is 126 cm³/mol. The van der Waals surface area contributed by atoms with E-state index in [-0.39, 0.29) is 16.8 Å². The summed E-state index contributed by atoms with van der Waals surface area (Å²) in [6, 6.07) is 16.0. The molecule has 0 spiro atoms. The van der Waals surface area contributed by atoms with Crippen LogP contribution in [0.2, 0.25) is 0 Å². The van der Waals surface area contributed by atoms with E-state index in [0.717, 1.165) is 48.2 Å². The summed E-state index contributed by atoms with van der Waals surface area (Å²) in [5, 5.41) is 3.98. The van der Waals surface area contributed by atoms with Crippen LogP contribution in [0.1, 0.15) is 41.7 Å². The van der Waals surface area contributed by atoms with Gasteiger partial charge in [0.15, 0.2) is 0 Å². The lowest BCUT2D eigenvalue weighted by atomic mass is 10.1. The van der Waals surface area contributed by atoms with E-state index >= 15 is 0 Å². The number of pyridine rings is 1. The van der Waals surface area contributed by atoms with Crippen LogP contribution in [0.4, 0.5) is 5.82 Å². The number of amides is 1. The van der Waals surface area contributed by atoms with Gasteiger partial charge in [-0.3, -0.25) is 4.79 Å². The van der Waals surface area contributed by atoms with Gasteiger partial charge in [0.1, 0.15) is 5.82 Å². The smallest absolute Gasteiger partial charge is 0.255 e. The molecule has 7 nitrogen and oxygen atoms in total. The van der Waals surface area contributed by atoms with E-state index in [9.17, 15) is 13.2 Å². The van der Waals surface area contributed by atoms with Crippen molar-refractivity contribution in [3.8, 4) is 0 Å². The molecule has 1 amide bonds. The van der Waals surface area contributed by atoms with Crippen molar-refractivity contribution in [2.45, 2.75) is 30.7 Å². The van der Waals surface area contributed by atoms with Gasteiger partial charge < -0.3 is 10.2 Å². The van der Waals surface area contributed by atoms with E-state index in [1.165, 1.54) is 18.4 Å². The topological polar surface area (TPSA) is 82.6 Å². The van der Waals surface area contributed by atoms with E-state index in [1.807, 2.05) is 37.3 Å². The minimum atomic E-state index is -3.49. The number of para-hydroxylation sites is 1. The highest BCUT2D eigenvalue weighted by Crippen LogP contribution is 2.27. The third kappa shape index (κ3) is 4.33. The van der Waals surface area contributed by atoms with Gasteiger partial charge in [-0.1, -0.05) is 30.3 Å². The number of aromatic nitrogens is 1. The quantitative estimate of drug-likeness (QED) is 0.618. The van der Waals surface area contributed by atoms with Crippen LogP contribution < -0.4 is 10.2 Å². The first-order valence-electron chi connectivity index (χ1n) is 10.8. The molecule has 0 radical (unpaired) electrons. The number of fused-ring (bicyclic) bond motifs is 1. The summed E-state index contributed by atoms with van der Waals surface area (Å²) >= 11 is 0. The molecule has 1 unspecified atom stereocenters. The maximum atomic E-state index is 13.3. The van der Waals surface area contributed by atoms with Gasteiger partial charge in [0.2, 0.25) is 10.0 Å². The molecule has 1 atom stereocenters. The minimum Gasteiger partial charge on any atom is -0.356 e. The molecule has 3 aromatic rings. The third-order valence-corrected chi connectivity index (χ3v) is 7.69. The predicted octanol–water partition coefficient (Wildman–Crippen LogP) is 3.58. The number of nitrogens with zero attached hydrogens (tertiary/aromatic N) is 3. The second-order valence-corrected chi connectivity index (χ2v) is 10.4. The monoisotopic (exact) mass is 452 g/mol. The van der Waals surface area contributed by atoms with Crippen molar-refractivity contribution in [1.29, 1.82) is 0 Å². The number of carbonyl (C=O) groups is 1. The molecular formula is C24H28N4O3S. The number of hydrogen-bond donors (Lipinski definition) is 1. The Hall–Kier alpha value is -2.97. The van der Waals surface area contributed by atoms with Crippen LogP contribution >= 0.6 is 0 Å². The Morgan fingerprint density at radius 3 is 2.38 bits per heavy atom. The number of benzene rings is 2. The maximum absolute atomic E-state index is 13.3. The Balaban J connectivity index is 1.60. The van der Waals surface area contributed by atoms with Gasteiger partial charge in [0, 0.05) is 32.6 Å². The largest absolute Gasteiger partial charge is 0.356 e. The molecule has 8 heteroatoms. The molecular weight excluding hydrogens is 424 g/mol. The Morgan fingerprint density at radius 2 is 1.72 bits per heavy atom. The first-order chi connectivity index (χ1) is 15.3. The summed E-state index contributed by atoms with van der Waals surface area (Å²) < 4.78 is 25.8. The molecule has 0 saturated carbocycles. The van der Waals surface area contributed by atoms with Crippen molar-refractivity contribution in [3.63, 3.8) is 0 Å². The number of carbonyl (C=O) groups excluding carboxylic acids is 1. The highest BCUT2D eigenvalue weighted by atomic mass is 32.2. The first-order valence-corrected chi connectivity index (χ1v) is 12.2. The van der Waals surface area contributed by atoms with Gasteiger partial charge in [-0.15, -0.1) is 0 Å². The van der Waals surface area contributed by atoms with E-state index in [2.05, 4.69) is 10.2 Å². The lowest BCUT2D eigenvalue weighted by Gasteiger charge is -2.22. The summed E-state index contributed by atoms with van der Waals surface area (Å²) in [7, 11) is -0.486. The minimum absolute atomic E-state index is 0.192. The molecule has 0 aliphatic carbocycles. The standard InChI is InChI=1S/C24H28N4O3S/c1-17(18-10-12-20(13-11-18)32(30,31)27(2)3)25-24(29)21-16-19-8-4-5-9-22(19)26-23(21)28-14-6-7-15-28/h4-5,8-13,16-17H,6-7,14-15H2,1-3H3,(H,25,29). The summed E-state index contributed by atoms with van der Waals surface area (Å²) in [6.07, 6.45) is 2.18. The fraction of sp³-hybridized carbons (Fsp3) is 0.333. The van der Waals surface area contributed by atoms with E-state index in [1.54, 1.807) is 24.3 Å². The fourth-order valence-corrected chi connectivity index (χ4v) is 4.84. The molecule has 1 fully saturated rings. The molecule has 1 saturated heterocycles. The number of hydrogen-bond acceptors (Lipinski definition) is 5. The fourth-order valence-electron chi connectivity index (χ4n) is 3.94. The van der Waals surface area contributed by atoms with Gasteiger partial charge in [-0.25, -0.2) is 17.7 Å². The Morgan fingerprint density at radius 1 is 1.06 bits per heavy atom. The van der Waals surface area contributed by atoms with Crippen molar-refractivity contribution in [1.82, 2.24) is 14.6 Å². The lowest BCUT2D eigenvalue weighted by Crippen LogP contribution is -2.30. The lowest BCUT2D eigenvalue weighted by molar-refractivity contribution is 0.0940. The third-order valence-electron chi connectivity index (χ3n) is 5.86. The summed E-state index contributed by atoms with van der Waals surface area (Å²) in [5.41, 5.74) is 2.26. The highest BCUT2D eigenvalue weighted by Gasteiger charge is 2.23. The van der Waals surface area contributed by atoms with Crippen molar-refractivity contribution in [2.24, 2.45) is 0 Å². The molecule has 32 heavy (non-hydrogen) atoms. The molecule has 4 rings (SSSR count). The summed E-state index contributed by atoms with van der Waals surface area (Å²) in [4.78, 5) is 20.5. The first kappa shape index (κ1) is 22.2. The number of nitrogens with one attached hydrogen (secondary N) is 1. The van der Waals surface area contributed by atoms with E-state index in [4.69, 9.17) is 4.98 Å². The van der Waals surface area contributed by atoms with Crippen LogP contribution in [-0.2, 0) is 10.0 Å². The van der Waals surface area contributed by atoms with Crippen molar-refractivity contribution >= 4 is 32.7 Å². The van der Waals surface area contributed by atoms with Gasteiger partial charge in [0.25, 0.3) is 5.91 Å². The van der Waals surface area contributed by atoms with Crippen LogP contribution in [0.15, 0.2) is 59.5 Å². The second-order valence-electron chi connectivity index (χ2n) is 8.30. The summed E-state index contributed by atoms with van der Waals surface area (Å²) in [6.45, 7) is 3.67. The van der Waals surface area contributed by atoms with Crippen LogP contribution in [0.5, 0.6) is 0 Å². The molecule has 2 heterocycles. The molecule has 1 aliphatic rings. The molecule has 168 valence electrons. The average Bonchev–Trinajstić information content (AvgIpc) is 3.33. The Bertz CT molecular complexity index is 1230. The zero-order valence-electron chi connectivity index (χ0n) is 18.6. The van der Waals surface area contributed by atoms with Gasteiger partial charge in [0.05, 0.1) is 22.0 Å². The average molecular weight is 453 g/mol. The van der Waals surface area contributed by atoms with Crippen LogP contribution in [0.25, 0.3) is 10.9 Å². The van der Waals surface area contributed by atoms with Crippen molar-refractivity contribution in [2.75, 3.05) is 32.1 Å². The molecule has 1 aliphatic heterocycles. The normalized spacial score (nSPS) is 15.3. The Labute approximate surface area is 189 Å². The van der Waals surface area contributed by atoms with E-state index < -0.39 is 10.0 Å². The second kappa shape index (κ2) is 8.88. The zero-order chi connectivity index (χ0) is 22.9. The van der Waals surface area contributed by atoms with Gasteiger partial charge in [-0.05, 0) is 49.6 Å². The van der Waals surface area contributed by atoms with Crippen LogP contribution in [-0.4, -0.2) is 50.8 Å². The molecule has 0 bridgehead atoms. The maximum Gasteiger partial charge on any atom is 0.255 e. The number of sulfonamides is 1. The highest BCUT2D eigenvalue weighted by molar-refractivity contribution is 7.89. The number of anilines is 1. The van der Waals surface area contributed by atoms with Crippen molar-refractivity contribution < 1.29 is 13.2 Å². The van der Waals surface area contributed by atoms with E-state index in [0.29, 0.717) is 5.56 Å². The van der Waals surface area contributed by atoms with Gasteiger partial charge >= 0.3 is 0 Å². The molecule has 2 aromatic carbocycles. The SMILES string of the molecule is CC(NC(=O)c1cc2ccccc2nc1N1CCCC1)c1ccc(S(=O)(=O)N(C)C)cc1. The summed E-state index contributed by atoms with van der Waals surface area (Å²) in [5.74, 6) is 0.529. The molecule has 1 aromatic heterocycles. The van der Waals surface area contributed by atoms with Gasteiger partial charge in [-0.2, -0.15) is 0 Å². The molecule has 1 N–H and O–H groups in total. The van der Waals surface area contributed by atoms with Crippen LogP contribution in [0.3, 0.4) is 0 Å². The van der Waals surface area contributed by atoms with Crippen LogP contribution in [0, 0.1) is 0 Å². The Kier molecular flexibility index (Phi) is 6.17.